The molecule has 0 unspecified atom stereocenters. The van der Waals surface area contributed by atoms with Crippen molar-refractivity contribution >= 4 is 20.2 Å². The number of rotatable bonds is 8. The molecule has 26 heavy (non-hydrogen) atoms. The van der Waals surface area contributed by atoms with Crippen molar-refractivity contribution in [1.82, 2.24) is 10.6 Å². The maximum Gasteiger partial charge on any atom is 0.266 e. The Morgan fingerprint density at radius 1 is 0.731 bits per heavy atom. The zero-order chi connectivity index (χ0) is 19.5. The summed E-state index contributed by atoms with van der Waals surface area (Å²) in [5.74, 6) is -0.465. The molecule has 156 valence electrons. The van der Waals surface area contributed by atoms with E-state index in [9.17, 15) is 21.4 Å². The van der Waals surface area contributed by atoms with E-state index in [1.54, 1.807) is 0 Å². The van der Waals surface area contributed by atoms with Crippen LogP contribution in [0, 0.1) is 0 Å². The highest BCUT2D eigenvalue weighted by Gasteiger charge is 2.13. The monoisotopic (exact) mass is 413 g/mol. The van der Waals surface area contributed by atoms with Gasteiger partial charge in [-0.3, -0.25) is 4.55 Å². The standard InChI is InChI=1S/2C8H17NO3S/c2*10-13(11,12)7-6-9-8-4-2-1-3-5-8/h2*8-9H,1-7H2,(H,10,11,12)/p-1. The van der Waals surface area contributed by atoms with Crippen molar-refractivity contribution in [3.63, 3.8) is 0 Å². The molecule has 3 N–H and O–H groups in total. The van der Waals surface area contributed by atoms with Gasteiger partial charge in [-0.1, -0.05) is 38.5 Å². The Hall–Kier alpha value is -0.260. The highest BCUT2D eigenvalue weighted by molar-refractivity contribution is 7.86. The number of hydrogen-bond acceptors (Lipinski definition) is 7. The molecule has 0 radical (unpaired) electrons. The van der Waals surface area contributed by atoms with E-state index in [2.05, 4.69) is 10.6 Å². The molecule has 0 heterocycles. The van der Waals surface area contributed by atoms with Gasteiger partial charge in [0.25, 0.3) is 10.1 Å². The van der Waals surface area contributed by atoms with Gasteiger partial charge in [0.15, 0.2) is 0 Å². The van der Waals surface area contributed by atoms with Crippen LogP contribution in [0.25, 0.3) is 0 Å². The molecule has 0 aliphatic heterocycles. The summed E-state index contributed by atoms with van der Waals surface area (Å²) in [5, 5.41) is 6.24. The molecule has 0 spiro atoms. The predicted molar refractivity (Wildman–Crippen MR) is 101 cm³/mol. The Balaban J connectivity index is 0.000000260. The third-order valence-corrected chi connectivity index (χ3v) is 6.21. The van der Waals surface area contributed by atoms with E-state index in [4.69, 9.17) is 4.55 Å². The maximum atomic E-state index is 10.4. The molecular weight excluding hydrogens is 380 g/mol. The third kappa shape index (κ3) is 13.9. The van der Waals surface area contributed by atoms with Gasteiger partial charge in [0.05, 0.1) is 21.6 Å². The van der Waals surface area contributed by atoms with Gasteiger partial charge in [0.2, 0.25) is 0 Å². The first-order valence-electron chi connectivity index (χ1n) is 9.51. The van der Waals surface area contributed by atoms with E-state index in [-0.39, 0.29) is 11.5 Å². The largest absolute Gasteiger partial charge is 0.748 e. The van der Waals surface area contributed by atoms with E-state index in [0.29, 0.717) is 25.2 Å². The lowest BCUT2D eigenvalue weighted by Crippen LogP contribution is -2.34. The highest BCUT2D eigenvalue weighted by atomic mass is 32.2. The molecule has 2 aliphatic carbocycles. The Labute approximate surface area is 158 Å². The molecule has 0 aromatic rings. The second-order valence-electron chi connectivity index (χ2n) is 7.13. The first-order valence-corrected chi connectivity index (χ1v) is 12.7. The fourth-order valence-electron chi connectivity index (χ4n) is 3.39. The summed E-state index contributed by atoms with van der Waals surface area (Å²) in [6.45, 7) is 0.667. The smallest absolute Gasteiger partial charge is 0.266 e. The Morgan fingerprint density at radius 3 is 1.46 bits per heavy atom. The fourth-order valence-corrected chi connectivity index (χ4v) is 4.14. The summed E-state index contributed by atoms with van der Waals surface area (Å²) in [4.78, 5) is 0. The molecule has 0 aromatic heterocycles. The minimum absolute atomic E-state index is 0.177. The Bertz CT molecular complexity index is 516. The summed E-state index contributed by atoms with van der Waals surface area (Å²) in [7, 11) is -7.82. The van der Waals surface area contributed by atoms with E-state index in [1.165, 1.54) is 38.5 Å². The highest BCUT2D eigenvalue weighted by Crippen LogP contribution is 2.17. The van der Waals surface area contributed by atoms with Crippen LogP contribution in [-0.2, 0) is 20.2 Å². The zero-order valence-corrected chi connectivity index (χ0v) is 17.0. The normalized spacial score (nSPS) is 20.4. The molecule has 0 amide bonds. The van der Waals surface area contributed by atoms with Crippen LogP contribution in [0.4, 0.5) is 0 Å². The topological polar surface area (TPSA) is 136 Å². The van der Waals surface area contributed by atoms with Crippen LogP contribution < -0.4 is 10.6 Å². The summed E-state index contributed by atoms with van der Waals surface area (Å²) >= 11 is 0. The van der Waals surface area contributed by atoms with Crippen molar-refractivity contribution < 1.29 is 25.9 Å². The second kappa shape index (κ2) is 12.2. The van der Waals surface area contributed by atoms with Gasteiger partial charge >= 0.3 is 0 Å². The minimum atomic E-state index is -4.04. The maximum absolute atomic E-state index is 10.4. The molecule has 2 aliphatic rings. The van der Waals surface area contributed by atoms with Crippen molar-refractivity contribution in [2.45, 2.75) is 76.3 Å². The molecule has 10 heteroatoms. The molecule has 0 atom stereocenters. The lowest BCUT2D eigenvalue weighted by molar-refractivity contribution is 0.377. The quantitative estimate of drug-likeness (QED) is 0.506. The van der Waals surface area contributed by atoms with Crippen LogP contribution in [-0.4, -0.2) is 62.6 Å². The van der Waals surface area contributed by atoms with Crippen LogP contribution in [0.5, 0.6) is 0 Å². The van der Waals surface area contributed by atoms with E-state index >= 15 is 0 Å². The molecular formula is C16H33N2O6S2-. The van der Waals surface area contributed by atoms with Crippen molar-refractivity contribution in [3.8, 4) is 0 Å². The summed E-state index contributed by atoms with van der Waals surface area (Å²) in [6.07, 6.45) is 11.9. The average Bonchev–Trinajstić information content (AvgIpc) is 2.55. The van der Waals surface area contributed by atoms with E-state index in [1.807, 2.05) is 0 Å². The molecule has 0 saturated heterocycles. The van der Waals surface area contributed by atoms with Crippen molar-refractivity contribution in [2.75, 3.05) is 24.6 Å². The van der Waals surface area contributed by atoms with Crippen molar-refractivity contribution in [1.29, 1.82) is 0 Å². The molecule has 2 rings (SSSR count). The van der Waals surface area contributed by atoms with Crippen LogP contribution in [0.1, 0.15) is 64.2 Å². The molecule has 8 nitrogen and oxygen atoms in total. The Kier molecular flexibility index (Phi) is 11.2. The summed E-state index contributed by atoms with van der Waals surface area (Å²) in [5.41, 5.74) is 0. The molecule has 2 saturated carbocycles. The minimum Gasteiger partial charge on any atom is -0.748 e. The lowest BCUT2D eigenvalue weighted by atomic mass is 9.96. The summed E-state index contributed by atoms with van der Waals surface area (Å²) < 4.78 is 60.1. The van der Waals surface area contributed by atoms with Crippen LogP contribution >= 0.6 is 0 Å². The first-order chi connectivity index (χ1) is 12.2. The molecule has 2 fully saturated rings. The van der Waals surface area contributed by atoms with Crippen molar-refractivity contribution in [2.24, 2.45) is 0 Å². The third-order valence-electron chi connectivity index (χ3n) is 4.79. The van der Waals surface area contributed by atoms with Crippen LogP contribution in [0.15, 0.2) is 0 Å². The van der Waals surface area contributed by atoms with Crippen LogP contribution in [0.2, 0.25) is 0 Å². The van der Waals surface area contributed by atoms with Crippen molar-refractivity contribution in [3.05, 3.63) is 0 Å². The molecule has 0 aromatic carbocycles. The summed E-state index contributed by atoms with van der Waals surface area (Å²) in [6, 6.07) is 0.881. The number of hydrogen-bond donors (Lipinski definition) is 3. The van der Waals surface area contributed by atoms with Gasteiger partial charge in [-0.25, -0.2) is 8.42 Å². The lowest BCUT2D eigenvalue weighted by Gasteiger charge is -2.23. The Morgan fingerprint density at radius 2 is 1.12 bits per heavy atom. The van der Waals surface area contributed by atoms with Gasteiger partial charge < -0.3 is 15.2 Å². The second-order valence-corrected chi connectivity index (χ2v) is 10.2. The SMILES string of the molecule is O=S(=O)(O)CCNC1CCCCC1.O=S(=O)([O-])CCNC1CCCCC1. The van der Waals surface area contributed by atoms with Gasteiger partial charge in [-0.05, 0) is 25.7 Å². The first kappa shape index (κ1) is 23.8. The van der Waals surface area contributed by atoms with Crippen LogP contribution in [0.3, 0.4) is 0 Å². The van der Waals surface area contributed by atoms with Gasteiger partial charge in [-0.15, -0.1) is 0 Å². The average molecular weight is 414 g/mol. The van der Waals surface area contributed by atoms with Gasteiger partial charge in [-0.2, -0.15) is 8.42 Å². The van der Waals surface area contributed by atoms with Gasteiger partial charge in [0, 0.05) is 25.2 Å². The van der Waals surface area contributed by atoms with Gasteiger partial charge in [0.1, 0.15) is 0 Å². The number of nitrogens with one attached hydrogen (secondary N) is 2. The van der Waals surface area contributed by atoms with E-state index < -0.39 is 20.2 Å². The predicted octanol–water partition coefficient (Wildman–Crippen LogP) is 1.25. The zero-order valence-electron chi connectivity index (χ0n) is 15.4. The fraction of sp³-hybridized carbons (Fsp3) is 1.00. The van der Waals surface area contributed by atoms with E-state index in [0.717, 1.165) is 25.7 Å². The molecule has 0 bridgehead atoms.